The maximum atomic E-state index is 9.49. The molecule has 0 spiro atoms. The molecule has 0 rings (SSSR count). The monoisotopic (exact) mass is 173 g/mol. The van der Waals surface area contributed by atoms with Crippen LogP contribution in [0.2, 0.25) is 0 Å². The van der Waals surface area contributed by atoms with Gasteiger partial charge in [-0.2, -0.15) is 0 Å². The van der Waals surface area contributed by atoms with Crippen LogP contribution in [0.5, 0.6) is 0 Å². The topological polar surface area (TPSA) is 44.6 Å². The molecule has 0 heterocycles. The van der Waals surface area contributed by atoms with Gasteiger partial charge in [-0.15, -0.1) is 13.2 Å². The Morgan fingerprint density at radius 1 is 1.25 bits per heavy atom. The number of hydrogen-bond donors (Lipinski definition) is 1. The molecule has 0 amide bonds. The second kappa shape index (κ2) is 12.6. The van der Waals surface area contributed by atoms with Crippen molar-refractivity contribution in [3.05, 3.63) is 25.3 Å². The lowest BCUT2D eigenvalue weighted by Gasteiger charge is -1.93. The van der Waals surface area contributed by atoms with Gasteiger partial charge in [-0.05, 0) is 12.5 Å². The number of carbonyl (C=O) groups is 1. The first kappa shape index (κ1) is 17.1. The highest BCUT2D eigenvalue weighted by Gasteiger charge is 1.76. The predicted octanol–water partition coefficient (Wildman–Crippen LogP) is -1.12. The number of rotatable bonds is 1. The van der Waals surface area contributed by atoms with Gasteiger partial charge in [0.2, 0.25) is 0 Å². The SMILES string of the molecule is C=C.C=C(C)C(=O)[O-].C[NH+](C)C. The zero-order valence-corrected chi connectivity index (χ0v) is 8.44. The highest BCUT2D eigenvalue weighted by Crippen LogP contribution is 1.77. The first-order valence-electron chi connectivity index (χ1n) is 3.51. The van der Waals surface area contributed by atoms with Crippen LogP contribution < -0.4 is 10.0 Å². The Labute approximate surface area is 75.0 Å². The van der Waals surface area contributed by atoms with Crippen LogP contribution in [-0.2, 0) is 4.79 Å². The summed E-state index contributed by atoms with van der Waals surface area (Å²) in [6.45, 7) is 10.5. The van der Waals surface area contributed by atoms with Gasteiger partial charge in [-0.3, -0.25) is 0 Å². The summed E-state index contributed by atoms with van der Waals surface area (Å²) in [6, 6.07) is 0. The first-order valence-corrected chi connectivity index (χ1v) is 3.51. The second-order valence-corrected chi connectivity index (χ2v) is 2.57. The third-order valence-electron chi connectivity index (χ3n) is 0.348. The fourth-order valence-electron chi connectivity index (χ4n) is 0. The van der Waals surface area contributed by atoms with Crippen LogP contribution in [0.25, 0.3) is 0 Å². The molecule has 0 saturated carbocycles. The molecule has 0 saturated heterocycles. The molecule has 0 aliphatic rings. The summed E-state index contributed by atoms with van der Waals surface area (Å²) >= 11 is 0. The zero-order valence-electron chi connectivity index (χ0n) is 8.44. The van der Waals surface area contributed by atoms with Gasteiger partial charge in [0.25, 0.3) is 0 Å². The van der Waals surface area contributed by atoms with Gasteiger partial charge >= 0.3 is 0 Å². The summed E-state index contributed by atoms with van der Waals surface area (Å²) in [6.07, 6.45) is 0. The van der Waals surface area contributed by atoms with Gasteiger partial charge < -0.3 is 14.8 Å². The molecule has 3 nitrogen and oxygen atoms in total. The van der Waals surface area contributed by atoms with E-state index in [0.29, 0.717) is 0 Å². The van der Waals surface area contributed by atoms with Crippen molar-refractivity contribution in [1.82, 2.24) is 0 Å². The Morgan fingerprint density at radius 3 is 1.33 bits per heavy atom. The van der Waals surface area contributed by atoms with Gasteiger partial charge in [0, 0.05) is 0 Å². The third kappa shape index (κ3) is 65.8. The van der Waals surface area contributed by atoms with Crippen LogP contribution in [-0.4, -0.2) is 27.1 Å². The molecule has 0 aromatic heterocycles. The van der Waals surface area contributed by atoms with Gasteiger partial charge in [-0.1, -0.05) is 6.58 Å². The molecule has 0 aliphatic carbocycles. The minimum absolute atomic E-state index is 0.0648. The summed E-state index contributed by atoms with van der Waals surface area (Å²) in [4.78, 5) is 10.9. The molecule has 0 bridgehead atoms. The Morgan fingerprint density at radius 2 is 1.33 bits per heavy atom. The third-order valence-corrected chi connectivity index (χ3v) is 0.348. The molecule has 0 aromatic rings. The minimum Gasteiger partial charge on any atom is -0.545 e. The second-order valence-electron chi connectivity index (χ2n) is 2.57. The van der Waals surface area contributed by atoms with Crippen LogP contribution in [0.4, 0.5) is 0 Å². The molecular weight excluding hydrogens is 154 g/mol. The maximum Gasteiger partial charge on any atom is 0.0666 e. The largest absolute Gasteiger partial charge is 0.545 e. The summed E-state index contributed by atoms with van der Waals surface area (Å²) in [7, 11) is 6.25. The molecule has 0 unspecified atom stereocenters. The average Bonchev–Trinajstić information content (AvgIpc) is 1.90. The molecule has 12 heavy (non-hydrogen) atoms. The molecule has 0 aromatic carbocycles. The van der Waals surface area contributed by atoms with Gasteiger partial charge in [0.05, 0.1) is 27.1 Å². The lowest BCUT2D eigenvalue weighted by Crippen LogP contribution is -3.02. The van der Waals surface area contributed by atoms with Crippen molar-refractivity contribution in [3.8, 4) is 0 Å². The average molecular weight is 173 g/mol. The normalized spacial score (nSPS) is 7.08. The molecule has 0 radical (unpaired) electrons. The first-order chi connectivity index (χ1) is 5.37. The fourth-order valence-corrected chi connectivity index (χ4v) is 0. The minimum atomic E-state index is -1.19. The van der Waals surface area contributed by atoms with E-state index >= 15 is 0 Å². The smallest absolute Gasteiger partial charge is 0.0666 e. The fraction of sp³-hybridized carbons (Fsp3) is 0.444. The van der Waals surface area contributed by atoms with Crippen LogP contribution in [0.15, 0.2) is 25.3 Å². The van der Waals surface area contributed by atoms with Crippen molar-refractivity contribution in [2.75, 3.05) is 21.1 Å². The van der Waals surface area contributed by atoms with Crippen LogP contribution in [0, 0.1) is 0 Å². The highest BCUT2D eigenvalue weighted by atomic mass is 16.4. The maximum absolute atomic E-state index is 9.49. The zero-order chi connectivity index (χ0) is 10.7. The standard InChI is InChI=1S/C4H6O2.C3H9N.C2H4/c1-3(2)4(5)6;1-4(2)3;1-2/h1H2,2H3,(H,5,6);1-3H3;1-2H2. The Hall–Kier alpha value is -1.09. The number of carboxylic acid groups (broad SMARTS) is 1. The van der Waals surface area contributed by atoms with Gasteiger partial charge in [-0.25, -0.2) is 0 Å². The van der Waals surface area contributed by atoms with Crippen LogP contribution in [0.3, 0.4) is 0 Å². The van der Waals surface area contributed by atoms with Gasteiger partial charge in [0.15, 0.2) is 0 Å². The summed E-state index contributed by atoms with van der Waals surface area (Å²) in [5.41, 5.74) is 0.0648. The number of hydrogen-bond acceptors (Lipinski definition) is 2. The summed E-state index contributed by atoms with van der Waals surface area (Å²) < 4.78 is 0. The van der Waals surface area contributed by atoms with Crippen molar-refractivity contribution >= 4 is 5.97 Å². The highest BCUT2D eigenvalue weighted by molar-refractivity contribution is 5.82. The number of quaternary nitrogens is 1. The predicted molar refractivity (Wildman–Crippen MR) is 49.8 cm³/mol. The molecule has 3 heteroatoms. The van der Waals surface area contributed by atoms with Gasteiger partial charge in [0.1, 0.15) is 0 Å². The van der Waals surface area contributed by atoms with Crippen molar-refractivity contribution in [2.45, 2.75) is 6.92 Å². The van der Waals surface area contributed by atoms with Crippen molar-refractivity contribution in [3.63, 3.8) is 0 Å². The van der Waals surface area contributed by atoms with E-state index in [-0.39, 0.29) is 5.57 Å². The number of nitrogens with one attached hydrogen (secondary N) is 1. The molecule has 0 aliphatic heterocycles. The van der Waals surface area contributed by atoms with Crippen molar-refractivity contribution in [1.29, 1.82) is 0 Å². The number of carbonyl (C=O) groups excluding carboxylic acids is 1. The van der Waals surface area contributed by atoms with E-state index in [4.69, 9.17) is 0 Å². The van der Waals surface area contributed by atoms with Crippen molar-refractivity contribution in [2.24, 2.45) is 0 Å². The molecule has 1 N–H and O–H groups in total. The van der Waals surface area contributed by atoms with Crippen molar-refractivity contribution < 1.29 is 14.8 Å². The Bertz CT molecular complexity index is 116. The van der Waals surface area contributed by atoms with E-state index in [1.165, 1.54) is 11.8 Å². The number of carboxylic acids is 1. The lowest BCUT2D eigenvalue weighted by molar-refractivity contribution is -0.836. The lowest BCUT2D eigenvalue weighted by atomic mass is 10.4. The van der Waals surface area contributed by atoms with Crippen LogP contribution in [0.1, 0.15) is 6.92 Å². The van der Waals surface area contributed by atoms with E-state index in [0.717, 1.165) is 0 Å². The number of aliphatic carboxylic acids is 1. The molecule has 0 atom stereocenters. The Kier molecular flexibility index (Phi) is 17.9. The van der Waals surface area contributed by atoms with E-state index in [2.05, 4.69) is 40.9 Å². The summed E-state index contributed by atoms with van der Waals surface area (Å²) in [5, 5.41) is 9.49. The quantitative estimate of drug-likeness (QED) is 0.403. The molecule has 72 valence electrons. The van der Waals surface area contributed by atoms with E-state index < -0.39 is 5.97 Å². The Balaban J connectivity index is -0.000000118. The molecule has 0 fully saturated rings. The van der Waals surface area contributed by atoms with E-state index in [1.807, 2.05) is 0 Å². The summed E-state index contributed by atoms with van der Waals surface area (Å²) in [5.74, 6) is -1.19. The van der Waals surface area contributed by atoms with E-state index in [9.17, 15) is 9.90 Å². The van der Waals surface area contributed by atoms with E-state index in [1.54, 1.807) is 0 Å². The van der Waals surface area contributed by atoms with Crippen LogP contribution >= 0.6 is 0 Å². The molecular formula is C9H19NO2.